The van der Waals surface area contributed by atoms with Crippen molar-refractivity contribution in [2.45, 2.75) is 26.4 Å². The Kier molecular flexibility index (Phi) is 5.69. The van der Waals surface area contributed by atoms with Crippen LogP contribution in [0.3, 0.4) is 0 Å². The minimum Gasteiger partial charge on any atom is -0.481 e. The van der Waals surface area contributed by atoms with Crippen LogP contribution in [0.5, 0.6) is 5.88 Å². The van der Waals surface area contributed by atoms with E-state index in [4.69, 9.17) is 4.74 Å². The highest BCUT2D eigenvalue weighted by molar-refractivity contribution is 6.12. The average Bonchev–Trinajstić information content (AvgIpc) is 2.79. The Balaban J connectivity index is 1.91. The summed E-state index contributed by atoms with van der Waals surface area (Å²) in [4.78, 5) is 24.2. The van der Waals surface area contributed by atoms with Gasteiger partial charge in [0.25, 0.3) is 5.91 Å². The highest BCUT2D eigenvalue weighted by atomic mass is 19.4. The van der Waals surface area contributed by atoms with Crippen molar-refractivity contribution in [3.8, 4) is 5.88 Å². The monoisotopic (exact) mass is 460 g/mol. The molecule has 0 saturated heterocycles. The number of benzene rings is 1. The smallest absolute Gasteiger partial charge is 0.433 e. The SMILES string of the molecule is CCc1cc(F)ccc1N1CN(c2ccc(OC)nc2C)C(=O)c2cc(C(F)(F)F)ncc21. The lowest BCUT2D eigenvalue weighted by Crippen LogP contribution is -2.46. The van der Waals surface area contributed by atoms with Gasteiger partial charge in [0, 0.05) is 11.8 Å². The summed E-state index contributed by atoms with van der Waals surface area (Å²) >= 11 is 0. The summed E-state index contributed by atoms with van der Waals surface area (Å²) in [5.74, 6) is -0.709. The molecule has 10 heteroatoms. The first-order valence-electron chi connectivity index (χ1n) is 10.1. The number of carbonyl (C=O) groups is 1. The Bertz CT molecular complexity index is 1230. The van der Waals surface area contributed by atoms with Crippen molar-refractivity contribution in [1.29, 1.82) is 0 Å². The van der Waals surface area contributed by atoms with Gasteiger partial charge in [-0.05, 0) is 49.2 Å². The van der Waals surface area contributed by atoms with Crippen molar-refractivity contribution in [3.63, 3.8) is 0 Å². The number of alkyl halides is 3. The van der Waals surface area contributed by atoms with Crippen LogP contribution in [0.2, 0.25) is 0 Å². The molecule has 0 saturated carbocycles. The predicted molar refractivity (Wildman–Crippen MR) is 114 cm³/mol. The molecule has 6 nitrogen and oxygen atoms in total. The van der Waals surface area contributed by atoms with Crippen molar-refractivity contribution < 1.29 is 27.1 Å². The van der Waals surface area contributed by atoms with Gasteiger partial charge in [0.05, 0.1) is 35.9 Å². The van der Waals surface area contributed by atoms with E-state index in [2.05, 4.69) is 9.97 Å². The van der Waals surface area contributed by atoms with Crippen LogP contribution in [0.4, 0.5) is 34.6 Å². The molecule has 0 spiro atoms. The van der Waals surface area contributed by atoms with Gasteiger partial charge in [0.1, 0.15) is 18.2 Å². The minimum absolute atomic E-state index is 0.0215. The lowest BCUT2D eigenvalue weighted by atomic mass is 10.0. The van der Waals surface area contributed by atoms with Crippen molar-refractivity contribution in [2.24, 2.45) is 0 Å². The standard InChI is InChI=1S/C23H20F4N4O2/c1-4-14-9-15(24)5-6-18(14)30-12-31(17-7-8-21(33-3)29-13(17)2)22(32)16-10-20(23(25,26)27)28-11-19(16)30/h5-11H,4,12H2,1-3H3. The Morgan fingerprint density at radius 1 is 1.06 bits per heavy atom. The van der Waals surface area contributed by atoms with Crippen LogP contribution >= 0.6 is 0 Å². The molecule has 0 bridgehead atoms. The summed E-state index contributed by atoms with van der Waals surface area (Å²) < 4.78 is 59.1. The summed E-state index contributed by atoms with van der Waals surface area (Å²) in [6.45, 7) is 3.50. The zero-order chi connectivity index (χ0) is 23.9. The van der Waals surface area contributed by atoms with E-state index >= 15 is 0 Å². The predicted octanol–water partition coefficient (Wildman–Crippen LogP) is 5.27. The number of hydrogen-bond donors (Lipinski definition) is 0. The normalized spacial score (nSPS) is 13.8. The number of amides is 1. The number of carbonyl (C=O) groups excluding carboxylic acids is 1. The summed E-state index contributed by atoms with van der Waals surface area (Å²) in [5, 5.41) is 0. The fourth-order valence-electron chi connectivity index (χ4n) is 3.84. The van der Waals surface area contributed by atoms with Crippen LogP contribution < -0.4 is 14.5 Å². The van der Waals surface area contributed by atoms with E-state index < -0.39 is 23.6 Å². The summed E-state index contributed by atoms with van der Waals surface area (Å²) in [7, 11) is 1.46. The number of fused-ring (bicyclic) bond motifs is 1. The van der Waals surface area contributed by atoms with Gasteiger partial charge < -0.3 is 9.64 Å². The molecule has 4 rings (SSSR count). The van der Waals surface area contributed by atoms with Crippen LogP contribution in [-0.2, 0) is 12.6 Å². The Labute approximate surface area is 187 Å². The van der Waals surface area contributed by atoms with Crippen LogP contribution in [0.15, 0.2) is 42.6 Å². The topological polar surface area (TPSA) is 58.6 Å². The number of aryl methyl sites for hydroxylation is 2. The number of anilines is 3. The van der Waals surface area contributed by atoms with Crippen LogP contribution in [-0.4, -0.2) is 29.7 Å². The largest absolute Gasteiger partial charge is 0.481 e. The van der Waals surface area contributed by atoms with Crippen LogP contribution in [0, 0.1) is 12.7 Å². The number of ether oxygens (including phenoxy) is 1. The van der Waals surface area contributed by atoms with Gasteiger partial charge >= 0.3 is 6.18 Å². The Hall–Kier alpha value is -3.69. The molecular weight excluding hydrogens is 440 g/mol. The number of rotatable bonds is 4. The molecule has 0 atom stereocenters. The molecule has 0 unspecified atom stereocenters. The van der Waals surface area contributed by atoms with Gasteiger partial charge in [-0.1, -0.05) is 6.92 Å². The molecule has 0 N–H and O–H groups in total. The first-order valence-corrected chi connectivity index (χ1v) is 10.1. The molecule has 1 amide bonds. The van der Waals surface area contributed by atoms with Gasteiger partial charge in [-0.2, -0.15) is 13.2 Å². The van der Waals surface area contributed by atoms with Crippen LogP contribution in [0.1, 0.15) is 34.2 Å². The second kappa shape index (κ2) is 8.34. The zero-order valence-corrected chi connectivity index (χ0v) is 18.1. The fraction of sp³-hybridized carbons (Fsp3) is 0.261. The zero-order valence-electron chi connectivity index (χ0n) is 18.1. The van der Waals surface area contributed by atoms with Gasteiger partial charge in [-0.25, -0.2) is 14.4 Å². The Morgan fingerprint density at radius 2 is 1.79 bits per heavy atom. The van der Waals surface area contributed by atoms with Crippen LogP contribution in [0.25, 0.3) is 0 Å². The maximum atomic E-state index is 13.9. The van der Waals surface area contributed by atoms with Gasteiger partial charge in [0.2, 0.25) is 5.88 Å². The molecule has 0 radical (unpaired) electrons. The number of halogens is 4. The summed E-state index contributed by atoms with van der Waals surface area (Å²) in [6.07, 6.45) is -3.20. The van der Waals surface area contributed by atoms with Crippen molar-refractivity contribution in [3.05, 3.63) is 70.9 Å². The number of aromatic nitrogens is 2. The van der Waals surface area contributed by atoms with Gasteiger partial charge in [0.15, 0.2) is 0 Å². The number of methoxy groups -OCH3 is 1. The molecule has 0 fully saturated rings. The summed E-state index contributed by atoms with van der Waals surface area (Å²) in [5.41, 5.74) is 0.969. The first-order chi connectivity index (χ1) is 15.6. The molecule has 172 valence electrons. The van der Waals surface area contributed by atoms with E-state index in [1.165, 1.54) is 24.1 Å². The third-order valence-corrected chi connectivity index (χ3v) is 5.47. The van der Waals surface area contributed by atoms with E-state index in [0.717, 1.165) is 12.3 Å². The molecule has 33 heavy (non-hydrogen) atoms. The van der Waals surface area contributed by atoms with E-state index in [9.17, 15) is 22.4 Å². The quantitative estimate of drug-likeness (QED) is 0.497. The maximum absolute atomic E-state index is 13.9. The number of hydrogen-bond acceptors (Lipinski definition) is 5. The summed E-state index contributed by atoms with van der Waals surface area (Å²) in [6, 6.07) is 8.12. The van der Waals surface area contributed by atoms with Gasteiger partial charge in [-0.15, -0.1) is 0 Å². The molecular formula is C23H20F4N4O2. The molecule has 3 aromatic rings. The lowest BCUT2D eigenvalue weighted by molar-refractivity contribution is -0.141. The molecule has 1 aromatic carbocycles. The second-order valence-corrected chi connectivity index (χ2v) is 7.47. The fourth-order valence-corrected chi connectivity index (χ4v) is 3.84. The minimum atomic E-state index is -4.72. The van der Waals surface area contributed by atoms with Crippen molar-refractivity contribution >= 4 is 23.0 Å². The first kappa shape index (κ1) is 22.5. The highest BCUT2D eigenvalue weighted by Gasteiger charge is 2.38. The van der Waals surface area contributed by atoms with E-state index in [1.807, 2.05) is 6.92 Å². The Morgan fingerprint density at radius 3 is 2.42 bits per heavy atom. The van der Waals surface area contributed by atoms with Crippen molar-refractivity contribution in [1.82, 2.24) is 9.97 Å². The third kappa shape index (κ3) is 4.08. The van der Waals surface area contributed by atoms with Gasteiger partial charge in [-0.3, -0.25) is 9.69 Å². The van der Waals surface area contributed by atoms with E-state index in [0.29, 0.717) is 34.9 Å². The molecule has 1 aliphatic heterocycles. The van der Waals surface area contributed by atoms with E-state index in [1.54, 1.807) is 30.0 Å². The molecule has 2 aromatic heterocycles. The average molecular weight is 460 g/mol. The maximum Gasteiger partial charge on any atom is 0.433 e. The molecule has 0 aliphatic carbocycles. The lowest BCUT2D eigenvalue weighted by Gasteiger charge is -2.39. The molecule has 3 heterocycles. The highest BCUT2D eigenvalue weighted by Crippen LogP contribution is 2.40. The van der Waals surface area contributed by atoms with Crippen molar-refractivity contribution in [2.75, 3.05) is 23.6 Å². The second-order valence-electron chi connectivity index (χ2n) is 7.47. The number of pyridine rings is 2. The van der Waals surface area contributed by atoms with E-state index in [-0.39, 0.29) is 17.9 Å². The third-order valence-electron chi connectivity index (χ3n) is 5.47. The number of nitrogens with zero attached hydrogens (tertiary/aromatic N) is 4. The molecule has 1 aliphatic rings.